The number of hydrogen-bond acceptors (Lipinski definition) is 4. The molecule has 6 nitrogen and oxygen atoms in total. The van der Waals surface area contributed by atoms with Crippen LogP contribution in [0.2, 0.25) is 5.02 Å². The number of sulfonamides is 1. The second-order valence-corrected chi connectivity index (χ2v) is 6.90. The maximum atomic E-state index is 12.5. The third kappa shape index (κ3) is 4.17. The van der Waals surface area contributed by atoms with Gasteiger partial charge in [-0.3, -0.25) is 4.79 Å². The molecule has 0 aliphatic heterocycles. The molecule has 114 valence electrons. The molecule has 0 amide bonds. The lowest BCUT2D eigenvalue weighted by Gasteiger charge is -2.25. The summed E-state index contributed by atoms with van der Waals surface area (Å²) in [5.74, 6) is -1.08. The van der Waals surface area contributed by atoms with Crippen LogP contribution in [-0.4, -0.2) is 36.4 Å². The lowest BCUT2D eigenvalue weighted by molar-refractivity contribution is -0.137. The van der Waals surface area contributed by atoms with E-state index in [1.54, 1.807) is 13.8 Å². The first-order valence-corrected chi connectivity index (χ1v) is 7.95. The number of carboxylic acids is 1. The molecular formula is C13H15ClN2O4S. The van der Waals surface area contributed by atoms with Crippen molar-refractivity contribution in [2.24, 2.45) is 0 Å². The molecule has 1 rings (SSSR count). The van der Waals surface area contributed by atoms with Gasteiger partial charge in [-0.2, -0.15) is 9.57 Å². The number of carbonyl (C=O) groups is 1. The van der Waals surface area contributed by atoms with E-state index in [1.165, 1.54) is 18.2 Å². The van der Waals surface area contributed by atoms with E-state index in [1.807, 2.05) is 6.07 Å². The predicted molar refractivity (Wildman–Crippen MR) is 77.4 cm³/mol. The van der Waals surface area contributed by atoms with Gasteiger partial charge < -0.3 is 5.11 Å². The molecule has 0 aromatic heterocycles. The monoisotopic (exact) mass is 330 g/mol. The summed E-state index contributed by atoms with van der Waals surface area (Å²) in [6, 6.07) is 5.26. The van der Waals surface area contributed by atoms with E-state index >= 15 is 0 Å². The minimum atomic E-state index is -3.87. The molecule has 0 radical (unpaired) electrons. The molecular weight excluding hydrogens is 316 g/mol. The number of hydrogen-bond donors (Lipinski definition) is 1. The molecule has 21 heavy (non-hydrogen) atoms. The smallest absolute Gasteiger partial charge is 0.304 e. The van der Waals surface area contributed by atoms with E-state index in [-0.39, 0.29) is 28.4 Å². The topological polar surface area (TPSA) is 98.5 Å². The van der Waals surface area contributed by atoms with E-state index in [0.717, 1.165) is 4.31 Å². The van der Waals surface area contributed by atoms with Crippen molar-refractivity contribution in [1.29, 1.82) is 5.26 Å². The fraction of sp³-hybridized carbons (Fsp3) is 0.385. The van der Waals surface area contributed by atoms with Crippen molar-refractivity contribution in [2.75, 3.05) is 6.54 Å². The summed E-state index contributed by atoms with van der Waals surface area (Å²) in [5.41, 5.74) is 0.178. The maximum Gasteiger partial charge on any atom is 0.304 e. The van der Waals surface area contributed by atoms with Crippen molar-refractivity contribution in [3.05, 3.63) is 28.8 Å². The van der Waals surface area contributed by atoms with Crippen LogP contribution in [0.25, 0.3) is 0 Å². The van der Waals surface area contributed by atoms with E-state index in [9.17, 15) is 13.2 Å². The number of aliphatic carboxylic acids is 1. The zero-order valence-corrected chi connectivity index (χ0v) is 13.1. The van der Waals surface area contributed by atoms with Crippen molar-refractivity contribution >= 4 is 27.6 Å². The second-order valence-electron chi connectivity index (χ2n) is 4.61. The standard InChI is InChI=1S/C13H15ClN2O4S/c1-9(2)16(6-5-13(17)18)21(19,20)11-4-3-10(8-15)12(14)7-11/h3-4,7,9H,5-6H2,1-2H3,(H,17,18). The van der Waals surface area contributed by atoms with Crippen molar-refractivity contribution in [3.63, 3.8) is 0 Å². The van der Waals surface area contributed by atoms with Gasteiger partial charge in [0.1, 0.15) is 6.07 Å². The van der Waals surface area contributed by atoms with E-state index < -0.39 is 22.0 Å². The van der Waals surface area contributed by atoms with Crippen LogP contribution in [0.4, 0.5) is 0 Å². The number of nitriles is 1. The zero-order chi connectivity index (χ0) is 16.2. The number of halogens is 1. The molecule has 1 aromatic carbocycles. The van der Waals surface area contributed by atoms with Gasteiger partial charge in [0, 0.05) is 12.6 Å². The lowest BCUT2D eigenvalue weighted by atomic mass is 10.2. The molecule has 0 aliphatic rings. The average Bonchev–Trinajstić information content (AvgIpc) is 2.37. The Bertz CT molecular complexity index is 680. The molecule has 0 spiro atoms. The van der Waals surface area contributed by atoms with Gasteiger partial charge in [-0.1, -0.05) is 11.6 Å². The molecule has 1 N–H and O–H groups in total. The van der Waals surface area contributed by atoms with Crippen LogP contribution in [0.5, 0.6) is 0 Å². The summed E-state index contributed by atoms with van der Waals surface area (Å²) in [5, 5.41) is 17.6. The summed E-state index contributed by atoms with van der Waals surface area (Å²) in [7, 11) is -3.87. The van der Waals surface area contributed by atoms with Crippen LogP contribution in [0, 0.1) is 11.3 Å². The Morgan fingerprint density at radius 3 is 2.52 bits per heavy atom. The minimum Gasteiger partial charge on any atom is -0.481 e. The number of carboxylic acid groups (broad SMARTS) is 1. The van der Waals surface area contributed by atoms with Gasteiger partial charge in [-0.25, -0.2) is 8.42 Å². The van der Waals surface area contributed by atoms with Gasteiger partial charge in [-0.05, 0) is 32.0 Å². The van der Waals surface area contributed by atoms with Crippen molar-refractivity contribution in [1.82, 2.24) is 4.31 Å². The molecule has 0 atom stereocenters. The largest absolute Gasteiger partial charge is 0.481 e. The Balaban J connectivity index is 3.20. The van der Waals surface area contributed by atoms with Gasteiger partial charge in [0.2, 0.25) is 10.0 Å². The molecule has 0 unspecified atom stereocenters. The highest BCUT2D eigenvalue weighted by Gasteiger charge is 2.27. The van der Waals surface area contributed by atoms with Crippen molar-refractivity contribution in [3.8, 4) is 6.07 Å². The summed E-state index contributed by atoms with van der Waals surface area (Å²) in [4.78, 5) is 10.6. The number of benzene rings is 1. The Morgan fingerprint density at radius 2 is 2.10 bits per heavy atom. The maximum absolute atomic E-state index is 12.5. The van der Waals surface area contributed by atoms with E-state index in [0.29, 0.717) is 0 Å². The van der Waals surface area contributed by atoms with Crippen LogP contribution in [-0.2, 0) is 14.8 Å². The fourth-order valence-corrected chi connectivity index (χ4v) is 3.70. The SMILES string of the molecule is CC(C)N(CCC(=O)O)S(=O)(=O)c1ccc(C#N)c(Cl)c1. The molecule has 0 saturated heterocycles. The Labute approximate surface area is 128 Å². The van der Waals surface area contributed by atoms with Crippen molar-refractivity contribution in [2.45, 2.75) is 31.2 Å². The van der Waals surface area contributed by atoms with Gasteiger partial charge in [-0.15, -0.1) is 0 Å². The first kappa shape index (κ1) is 17.4. The summed E-state index contributed by atoms with van der Waals surface area (Å²) in [6.07, 6.45) is -0.290. The molecule has 0 fully saturated rings. The molecule has 0 aliphatic carbocycles. The molecule has 0 bridgehead atoms. The fourth-order valence-electron chi connectivity index (χ4n) is 1.74. The molecule has 1 aromatic rings. The molecule has 8 heteroatoms. The minimum absolute atomic E-state index is 0.0421. The van der Waals surface area contributed by atoms with Gasteiger partial charge in [0.05, 0.1) is 21.9 Å². The van der Waals surface area contributed by atoms with Crippen LogP contribution in [0.1, 0.15) is 25.8 Å². The van der Waals surface area contributed by atoms with E-state index in [4.69, 9.17) is 22.0 Å². The quantitative estimate of drug-likeness (QED) is 0.861. The normalized spacial score (nSPS) is 11.6. The summed E-state index contributed by atoms with van der Waals surface area (Å²) >= 11 is 5.85. The summed E-state index contributed by atoms with van der Waals surface area (Å²) < 4.78 is 26.2. The predicted octanol–water partition coefficient (Wildman–Crippen LogP) is 2.09. The molecule has 0 heterocycles. The summed E-state index contributed by atoms with van der Waals surface area (Å²) in [6.45, 7) is 3.18. The van der Waals surface area contributed by atoms with Crippen LogP contribution >= 0.6 is 11.6 Å². The zero-order valence-electron chi connectivity index (χ0n) is 11.6. The third-order valence-corrected chi connectivity index (χ3v) is 5.17. The second kappa shape index (κ2) is 6.89. The highest BCUT2D eigenvalue weighted by molar-refractivity contribution is 7.89. The van der Waals surface area contributed by atoms with E-state index in [2.05, 4.69) is 0 Å². The number of nitrogens with zero attached hydrogens (tertiary/aromatic N) is 2. The van der Waals surface area contributed by atoms with Gasteiger partial charge in [0.25, 0.3) is 0 Å². The van der Waals surface area contributed by atoms with Gasteiger partial charge >= 0.3 is 5.97 Å². The Hall–Kier alpha value is -1.62. The molecule has 0 saturated carbocycles. The Kier molecular flexibility index (Phi) is 5.72. The Morgan fingerprint density at radius 1 is 1.48 bits per heavy atom. The van der Waals surface area contributed by atoms with Crippen LogP contribution in [0.15, 0.2) is 23.1 Å². The van der Waals surface area contributed by atoms with Crippen LogP contribution in [0.3, 0.4) is 0 Å². The lowest BCUT2D eigenvalue weighted by Crippen LogP contribution is -2.38. The highest BCUT2D eigenvalue weighted by atomic mass is 35.5. The first-order valence-electron chi connectivity index (χ1n) is 6.13. The first-order chi connectivity index (χ1) is 9.70. The van der Waals surface area contributed by atoms with Gasteiger partial charge in [0.15, 0.2) is 0 Å². The third-order valence-electron chi connectivity index (χ3n) is 2.79. The highest BCUT2D eigenvalue weighted by Crippen LogP contribution is 2.24. The van der Waals surface area contributed by atoms with Crippen molar-refractivity contribution < 1.29 is 18.3 Å². The number of rotatable bonds is 6. The van der Waals surface area contributed by atoms with Crippen LogP contribution < -0.4 is 0 Å². The average molecular weight is 331 g/mol.